The van der Waals surface area contributed by atoms with Crippen molar-refractivity contribution in [3.63, 3.8) is 0 Å². The number of hydrogen-bond donors (Lipinski definition) is 1. The summed E-state index contributed by atoms with van der Waals surface area (Å²) in [6.07, 6.45) is 5.19. The Morgan fingerprint density at radius 3 is 2.58 bits per heavy atom. The predicted molar refractivity (Wildman–Crippen MR) is 80.3 cm³/mol. The molecule has 3 nitrogen and oxygen atoms in total. The number of nitrogens with one attached hydrogen (secondary N) is 1. The van der Waals surface area contributed by atoms with Crippen LogP contribution < -0.4 is 10.1 Å². The second kappa shape index (κ2) is 7.06. The first-order valence-corrected chi connectivity index (χ1v) is 8.59. The van der Waals surface area contributed by atoms with Crippen LogP contribution in [0, 0.1) is 0 Å². The van der Waals surface area contributed by atoms with Gasteiger partial charge in [-0.3, -0.25) is 4.21 Å². The molecule has 0 bridgehead atoms. The molecule has 2 rings (SSSR count). The van der Waals surface area contributed by atoms with E-state index in [-0.39, 0.29) is 0 Å². The summed E-state index contributed by atoms with van der Waals surface area (Å²) in [5.74, 6) is 2.41. The maximum absolute atomic E-state index is 10.9. The molecule has 0 spiro atoms. The van der Waals surface area contributed by atoms with Gasteiger partial charge in [0.15, 0.2) is 0 Å². The highest BCUT2D eigenvalue weighted by Crippen LogP contribution is 2.37. The van der Waals surface area contributed by atoms with Crippen LogP contribution in [-0.4, -0.2) is 35.9 Å². The molecule has 19 heavy (non-hydrogen) atoms. The molecule has 0 heterocycles. The molecule has 1 aliphatic carbocycles. The Kier molecular flexibility index (Phi) is 5.40. The standard InChI is InChI=1S/C15H23NO2S/c1-18-15-6-4-12(5-7-15)13-10-14(11-13)16-8-3-9-19(2)17/h4-7,13-14,16H,3,8-11H2,1-2H3. The van der Waals surface area contributed by atoms with Gasteiger partial charge in [0.25, 0.3) is 0 Å². The number of methoxy groups -OCH3 is 1. The van der Waals surface area contributed by atoms with Gasteiger partial charge in [0, 0.05) is 28.9 Å². The van der Waals surface area contributed by atoms with Gasteiger partial charge in [-0.05, 0) is 49.4 Å². The van der Waals surface area contributed by atoms with Gasteiger partial charge in [-0.2, -0.15) is 0 Å². The lowest BCUT2D eigenvalue weighted by Gasteiger charge is -2.36. The molecule has 0 amide bonds. The van der Waals surface area contributed by atoms with Crippen molar-refractivity contribution in [3.8, 4) is 5.75 Å². The SMILES string of the molecule is COc1ccc(C2CC(NCCCS(C)=O)C2)cc1. The van der Waals surface area contributed by atoms with Crippen LogP contribution in [0.5, 0.6) is 5.75 Å². The Labute approximate surface area is 118 Å². The summed E-state index contributed by atoms with van der Waals surface area (Å²) < 4.78 is 16.1. The van der Waals surface area contributed by atoms with E-state index in [9.17, 15) is 4.21 Å². The Morgan fingerprint density at radius 1 is 1.32 bits per heavy atom. The third-order valence-corrected chi connectivity index (χ3v) is 4.63. The molecule has 0 radical (unpaired) electrons. The van der Waals surface area contributed by atoms with Gasteiger partial charge in [0.05, 0.1) is 7.11 Å². The molecule has 1 aromatic carbocycles. The summed E-state index contributed by atoms with van der Waals surface area (Å²) in [4.78, 5) is 0. The van der Waals surface area contributed by atoms with Crippen molar-refractivity contribution in [2.24, 2.45) is 0 Å². The predicted octanol–water partition coefficient (Wildman–Crippen LogP) is 2.30. The molecule has 1 atom stereocenters. The van der Waals surface area contributed by atoms with Crippen molar-refractivity contribution in [1.82, 2.24) is 5.32 Å². The minimum absolute atomic E-state index is 0.636. The van der Waals surface area contributed by atoms with Gasteiger partial charge < -0.3 is 10.1 Å². The van der Waals surface area contributed by atoms with E-state index in [0.717, 1.165) is 24.5 Å². The van der Waals surface area contributed by atoms with Crippen molar-refractivity contribution in [2.75, 3.05) is 25.7 Å². The Morgan fingerprint density at radius 2 is 2.00 bits per heavy atom. The van der Waals surface area contributed by atoms with Crippen LogP contribution in [0.1, 0.15) is 30.7 Å². The minimum Gasteiger partial charge on any atom is -0.497 e. The summed E-state index contributed by atoms with van der Waals surface area (Å²) in [7, 11) is 1.04. The molecule has 4 heteroatoms. The molecule has 0 saturated heterocycles. The molecule has 1 fully saturated rings. The van der Waals surface area contributed by atoms with Crippen molar-refractivity contribution in [3.05, 3.63) is 29.8 Å². The zero-order valence-electron chi connectivity index (χ0n) is 11.7. The molecule has 1 unspecified atom stereocenters. The van der Waals surface area contributed by atoms with Crippen LogP contribution >= 0.6 is 0 Å². The van der Waals surface area contributed by atoms with Gasteiger partial charge in [-0.15, -0.1) is 0 Å². The van der Waals surface area contributed by atoms with Crippen LogP contribution in [0.3, 0.4) is 0 Å². The second-order valence-electron chi connectivity index (χ2n) is 5.22. The first-order valence-electron chi connectivity index (χ1n) is 6.86. The lowest BCUT2D eigenvalue weighted by Crippen LogP contribution is -2.40. The maximum Gasteiger partial charge on any atom is 0.118 e. The van der Waals surface area contributed by atoms with Crippen LogP contribution in [0.4, 0.5) is 0 Å². The van der Waals surface area contributed by atoms with Gasteiger partial charge in [0.1, 0.15) is 5.75 Å². The monoisotopic (exact) mass is 281 g/mol. The first kappa shape index (κ1) is 14.5. The number of rotatable bonds is 7. The smallest absolute Gasteiger partial charge is 0.118 e. The fraction of sp³-hybridized carbons (Fsp3) is 0.600. The topological polar surface area (TPSA) is 38.3 Å². The Hall–Kier alpha value is -0.870. The number of benzene rings is 1. The largest absolute Gasteiger partial charge is 0.497 e. The van der Waals surface area contributed by atoms with Gasteiger partial charge in [-0.25, -0.2) is 0 Å². The number of hydrogen-bond acceptors (Lipinski definition) is 3. The van der Waals surface area contributed by atoms with E-state index >= 15 is 0 Å². The molecule has 0 aliphatic heterocycles. The van der Waals surface area contributed by atoms with Crippen molar-refractivity contribution >= 4 is 10.8 Å². The fourth-order valence-corrected chi connectivity index (χ4v) is 3.07. The van der Waals surface area contributed by atoms with Gasteiger partial charge >= 0.3 is 0 Å². The third kappa shape index (κ3) is 4.32. The average molecular weight is 281 g/mol. The lowest BCUT2D eigenvalue weighted by molar-refractivity contribution is 0.292. The highest BCUT2D eigenvalue weighted by atomic mass is 32.2. The normalized spacial score (nSPS) is 23.7. The quantitative estimate of drug-likeness (QED) is 0.779. The van der Waals surface area contributed by atoms with Crippen molar-refractivity contribution in [2.45, 2.75) is 31.2 Å². The second-order valence-corrected chi connectivity index (χ2v) is 6.78. The zero-order chi connectivity index (χ0) is 13.7. The maximum atomic E-state index is 10.9. The highest BCUT2D eigenvalue weighted by molar-refractivity contribution is 7.84. The molecular formula is C15H23NO2S. The molecule has 106 valence electrons. The van der Waals surface area contributed by atoms with E-state index in [2.05, 4.69) is 17.4 Å². The van der Waals surface area contributed by atoms with Crippen LogP contribution in [0.2, 0.25) is 0 Å². The zero-order valence-corrected chi connectivity index (χ0v) is 12.5. The van der Waals surface area contributed by atoms with E-state index in [0.29, 0.717) is 12.0 Å². The molecule has 1 saturated carbocycles. The van der Waals surface area contributed by atoms with E-state index in [1.54, 1.807) is 13.4 Å². The van der Waals surface area contributed by atoms with Crippen LogP contribution in [0.25, 0.3) is 0 Å². The first-order chi connectivity index (χ1) is 9.19. The van der Waals surface area contributed by atoms with Crippen molar-refractivity contribution < 1.29 is 8.95 Å². The minimum atomic E-state index is -0.656. The van der Waals surface area contributed by atoms with Crippen LogP contribution in [-0.2, 0) is 10.8 Å². The lowest BCUT2D eigenvalue weighted by atomic mass is 9.76. The molecule has 0 aromatic heterocycles. The number of ether oxygens (including phenoxy) is 1. The summed E-state index contributed by atoms with van der Waals surface area (Å²) in [5.41, 5.74) is 1.41. The van der Waals surface area contributed by atoms with E-state index in [1.807, 2.05) is 12.1 Å². The summed E-state index contributed by atoms with van der Waals surface area (Å²) in [5, 5.41) is 3.54. The fourth-order valence-electron chi connectivity index (χ4n) is 2.51. The van der Waals surface area contributed by atoms with Crippen LogP contribution in [0.15, 0.2) is 24.3 Å². The summed E-state index contributed by atoms with van der Waals surface area (Å²) >= 11 is 0. The highest BCUT2D eigenvalue weighted by Gasteiger charge is 2.29. The summed E-state index contributed by atoms with van der Waals surface area (Å²) in [6.45, 7) is 0.986. The van der Waals surface area contributed by atoms with E-state index < -0.39 is 10.8 Å². The molecular weight excluding hydrogens is 258 g/mol. The van der Waals surface area contributed by atoms with E-state index in [1.165, 1.54) is 18.4 Å². The average Bonchev–Trinajstić information content (AvgIpc) is 2.36. The van der Waals surface area contributed by atoms with E-state index in [4.69, 9.17) is 4.74 Å². The molecule has 1 aliphatic rings. The molecule has 1 N–H and O–H groups in total. The Bertz CT molecular complexity index is 413. The van der Waals surface area contributed by atoms with Gasteiger partial charge in [-0.1, -0.05) is 12.1 Å². The molecule has 1 aromatic rings. The third-order valence-electron chi connectivity index (χ3n) is 3.77. The summed E-state index contributed by atoms with van der Waals surface area (Å²) in [6, 6.07) is 9.04. The van der Waals surface area contributed by atoms with Crippen molar-refractivity contribution in [1.29, 1.82) is 0 Å². The Balaban J connectivity index is 1.66. The van der Waals surface area contributed by atoms with Gasteiger partial charge in [0.2, 0.25) is 0 Å².